The topological polar surface area (TPSA) is 58.5 Å². The Morgan fingerprint density at radius 2 is 1.18 bits per heavy atom. The van der Waals surface area contributed by atoms with E-state index in [0.717, 1.165) is 16.7 Å². The van der Waals surface area contributed by atoms with Crippen LogP contribution in [0.25, 0.3) is 0 Å². The molecule has 0 aliphatic carbocycles. The van der Waals surface area contributed by atoms with Gasteiger partial charge in [0.25, 0.3) is 10.0 Å². The second-order valence-corrected chi connectivity index (χ2v) is 22.6. The van der Waals surface area contributed by atoms with Crippen molar-refractivity contribution >= 4 is 31.9 Å². The van der Waals surface area contributed by atoms with Crippen molar-refractivity contribution in [3.63, 3.8) is 0 Å². The lowest BCUT2D eigenvalue weighted by Crippen LogP contribution is -2.24. The summed E-state index contributed by atoms with van der Waals surface area (Å²) in [4.78, 5) is 2.80. The van der Waals surface area contributed by atoms with Gasteiger partial charge < -0.3 is 0 Å². The Balaban J connectivity index is 3.70. The third-order valence-corrected chi connectivity index (χ3v) is 7.83. The average Bonchev–Trinajstić information content (AvgIpc) is 2.64. The van der Waals surface area contributed by atoms with Gasteiger partial charge in [0.1, 0.15) is 16.1 Å². The number of rotatable bonds is 6. The molecule has 0 saturated carbocycles. The van der Waals surface area contributed by atoms with E-state index in [1.165, 1.54) is 0 Å². The minimum atomic E-state index is -3.91. The van der Waals surface area contributed by atoms with E-state index < -0.39 is 26.2 Å². The molecule has 0 saturated heterocycles. The molecule has 0 heterocycles. The summed E-state index contributed by atoms with van der Waals surface area (Å²) in [5, 5.41) is 4.21. The van der Waals surface area contributed by atoms with Crippen molar-refractivity contribution < 1.29 is 8.42 Å². The Bertz CT molecular complexity index is 1050. The van der Waals surface area contributed by atoms with Crippen molar-refractivity contribution in [3.8, 4) is 22.9 Å². The molecule has 0 radical (unpaired) electrons. The van der Waals surface area contributed by atoms with E-state index >= 15 is 0 Å². The lowest BCUT2D eigenvalue weighted by atomic mass is 9.89. The summed E-state index contributed by atoms with van der Waals surface area (Å²) in [6.45, 7) is 25.1. The van der Waals surface area contributed by atoms with Crippen molar-refractivity contribution in [2.24, 2.45) is 5.10 Å². The van der Waals surface area contributed by atoms with Gasteiger partial charge in [-0.3, -0.25) is 0 Å². The van der Waals surface area contributed by atoms with Crippen LogP contribution in [0.1, 0.15) is 76.0 Å². The summed E-state index contributed by atoms with van der Waals surface area (Å²) < 4.78 is 27.1. The number of nitrogens with zero attached hydrogens (tertiary/aromatic N) is 1. The summed E-state index contributed by atoms with van der Waals surface area (Å²) in [7, 11) is -7.26. The third kappa shape index (κ3) is 9.53. The Labute approximate surface area is 205 Å². The van der Waals surface area contributed by atoms with Crippen LogP contribution in [0.5, 0.6) is 0 Å². The first kappa shape index (κ1) is 29.2. The molecule has 0 aromatic heterocycles. The zero-order chi connectivity index (χ0) is 25.8. The van der Waals surface area contributed by atoms with Crippen LogP contribution in [0.15, 0.2) is 22.1 Å². The highest BCUT2D eigenvalue weighted by Crippen LogP contribution is 2.35. The van der Waals surface area contributed by atoms with Gasteiger partial charge in [0.2, 0.25) is 0 Å². The fraction of sp³-hybridized carbons (Fsp3) is 0.577. The maximum Gasteiger partial charge on any atom is 0.277 e. The normalized spacial score (nSPS) is 12.2. The van der Waals surface area contributed by atoms with E-state index in [1.54, 1.807) is 0 Å². The van der Waals surface area contributed by atoms with Crippen LogP contribution in [0, 0.1) is 22.9 Å². The lowest BCUT2D eigenvalue weighted by molar-refractivity contribution is 0.579. The van der Waals surface area contributed by atoms with Gasteiger partial charge in [0, 0.05) is 0 Å². The van der Waals surface area contributed by atoms with Crippen LogP contribution in [0.4, 0.5) is 0 Å². The quantitative estimate of drug-likeness (QED) is 0.210. The molecule has 0 unspecified atom stereocenters. The number of hydrazone groups is 1. The Hall–Kier alpha value is -1.81. The van der Waals surface area contributed by atoms with Gasteiger partial charge in [-0.2, -0.15) is 13.2 Å². The number of sulfonamides is 1. The van der Waals surface area contributed by atoms with Crippen LogP contribution >= 0.6 is 0 Å². The highest BCUT2D eigenvalue weighted by Gasteiger charge is 2.27. The summed E-state index contributed by atoms with van der Waals surface area (Å²) in [6.07, 6.45) is 0. The maximum absolute atomic E-state index is 13.6. The lowest BCUT2D eigenvalue weighted by Gasteiger charge is -2.22. The summed E-state index contributed by atoms with van der Waals surface area (Å²) in [5.41, 5.74) is 9.55. The molecular weight excluding hydrogens is 461 g/mol. The summed E-state index contributed by atoms with van der Waals surface area (Å²) in [6, 6.07) is 4.05. The Morgan fingerprint density at radius 3 is 1.48 bits per heavy atom. The maximum atomic E-state index is 13.6. The average molecular weight is 503 g/mol. The van der Waals surface area contributed by atoms with Gasteiger partial charge in [0.15, 0.2) is 5.71 Å². The first-order valence-corrected chi connectivity index (χ1v) is 20.2. The highest BCUT2D eigenvalue weighted by atomic mass is 32.2. The molecule has 33 heavy (non-hydrogen) atoms. The molecule has 0 atom stereocenters. The van der Waals surface area contributed by atoms with Crippen LogP contribution in [-0.2, 0) is 10.0 Å². The molecule has 1 aromatic carbocycles. The van der Waals surface area contributed by atoms with Crippen LogP contribution in [0.3, 0.4) is 0 Å². The van der Waals surface area contributed by atoms with Crippen molar-refractivity contribution in [3.05, 3.63) is 28.8 Å². The molecule has 1 aromatic rings. The molecule has 0 bridgehead atoms. The first-order valence-electron chi connectivity index (χ1n) is 11.7. The Kier molecular flexibility index (Phi) is 9.81. The first-order chi connectivity index (χ1) is 14.8. The molecule has 182 valence electrons. The van der Waals surface area contributed by atoms with Crippen molar-refractivity contribution in [2.75, 3.05) is 0 Å². The highest BCUT2D eigenvalue weighted by molar-refractivity contribution is 7.89. The van der Waals surface area contributed by atoms with Crippen LogP contribution in [-0.4, -0.2) is 30.3 Å². The SMILES string of the molecule is CC(C)c1cc(C(C)C)c(S(=O)(=O)NN=C(C#C[Si](C)(C)C)C#C[Si](C)(C)C)c(C(C)C)c1. The number of hydrogen-bond acceptors (Lipinski definition) is 3. The van der Waals surface area contributed by atoms with Crippen LogP contribution in [0.2, 0.25) is 39.3 Å². The number of benzene rings is 1. The minimum Gasteiger partial charge on any atom is -0.200 e. The van der Waals surface area contributed by atoms with Crippen molar-refractivity contribution in [1.82, 2.24) is 4.83 Å². The molecule has 1 rings (SSSR count). The van der Waals surface area contributed by atoms with Crippen molar-refractivity contribution in [2.45, 2.75) is 103 Å². The predicted octanol–water partition coefficient (Wildman–Crippen LogP) is 6.45. The molecule has 0 spiro atoms. The molecule has 1 N–H and O–H groups in total. The zero-order valence-electron chi connectivity index (χ0n) is 22.6. The van der Waals surface area contributed by atoms with E-state index in [4.69, 9.17) is 0 Å². The largest absolute Gasteiger partial charge is 0.277 e. The van der Waals surface area contributed by atoms with E-state index in [0.29, 0.717) is 10.8 Å². The number of hydrogen-bond donors (Lipinski definition) is 1. The molecule has 7 heteroatoms. The van der Waals surface area contributed by atoms with Crippen molar-refractivity contribution in [1.29, 1.82) is 0 Å². The summed E-state index contributed by atoms with van der Waals surface area (Å²) in [5.74, 6) is 6.49. The van der Waals surface area contributed by atoms with Crippen LogP contribution < -0.4 is 4.83 Å². The molecule has 0 aliphatic heterocycles. The summed E-state index contributed by atoms with van der Waals surface area (Å²) >= 11 is 0. The van der Waals surface area contributed by atoms with Gasteiger partial charge in [-0.1, -0.05) is 93.0 Å². The zero-order valence-corrected chi connectivity index (χ0v) is 25.4. The molecule has 4 nitrogen and oxygen atoms in total. The van der Waals surface area contributed by atoms with Gasteiger partial charge in [-0.05, 0) is 46.3 Å². The molecular formula is C26H42N2O2SSi2. The molecule has 0 amide bonds. The third-order valence-electron chi connectivity index (χ3n) is 4.74. The second kappa shape index (κ2) is 11.1. The van der Waals surface area contributed by atoms with Gasteiger partial charge in [0.05, 0.1) is 4.90 Å². The van der Waals surface area contributed by atoms with Gasteiger partial charge in [-0.15, -0.1) is 16.2 Å². The second-order valence-electron chi connectivity index (χ2n) is 11.5. The van der Waals surface area contributed by atoms with E-state index in [9.17, 15) is 8.42 Å². The molecule has 0 fully saturated rings. The fourth-order valence-electron chi connectivity index (χ4n) is 2.93. The van der Waals surface area contributed by atoms with E-state index in [1.807, 2.05) is 39.8 Å². The fourth-order valence-corrected chi connectivity index (χ4v) is 5.43. The van der Waals surface area contributed by atoms with E-state index in [-0.39, 0.29) is 17.5 Å². The smallest absolute Gasteiger partial charge is 0.200 e. The molecule has 0 aliphatic rings. The Morgan fingerprint density at radius 1 is 0.788 bits per heavy atom. The monoisotopic (exact) mass is 502 g/mol. The number of nitrogens with one attached hydrogen (secondary N) is 1. The van der Waals surface area contributed by atoms with Gasteiger partial charge in [-0.25, -0.2) is 0 Å². The van der Waals surface area contributed by atoms with Gasteiger partial charge >= 0.3 is 0 Å². The minimum absolute atomic E-state index is 0.0505. The predicted molar refractivity (Wildman–Crippen MR) is 149 cm³/mol. The van der Waals surface area contributed by atoms with E-state index in [2.05, 4.69) is 86.0 Å². The standard InChI is InChI=1S/C26H42N2O2SSi2/c1-19(2)22-17-24(20(3)4)26(25(18-22)21(5)6)31(29,30)28-27-23(13-15-32(7,8)9)14-16-33(10,11)12/h17-21,28H,1-12H3.